The third-order valence-corrected chi connectivity index (χ3v) is 5.97. The first kappa shape index (κ1) is 14.2. The smallest absolute Gasteiger partial charge is 0.310 e. The predicted molar refractivity (Wildman–Crippen MR) is 76.1 cm³/mol. The Morgan fingerprint density at radius 3 is 2.94 bits per heavy atom. The molecule has 0 saturated carbocycles. The molecule has 3 unspecified atom stereocenters. The summed E-state index contributed by atoms with van der Waals surface area (Å²) >= 11 is 2.05. The summed E-state index contributed by atoms with van der Waals surface area (Å²) in [5, 5.41) is 10.2. The van der Waals surface area contributed by atoms with Crippen molar-refractivity contribution in [2.45, 2.75) is 57.2 Å². The number of hydrogen-bond acceptors (Lipinski definition) is 3. The van der Waals surface area contributed by atoms with Crippen molar-refractivity contribution in [3.63, 3.8) is 0 Å². The van der Waals surface area contributed by atoms with Crippen LogP contribution in [0.4, 0.5) is 0 Å². The molecule has 3 atom stereocenters. The lowest BCUT2D eigenvalue weighted by molar-refractivity contribution is -0.148. The maximum atomic E-state index is 11.6. The summed E-state index contributed by atoms with van der Waals surface area (Å²) in [6, 6.07) is 0.599. The van der Waals surface area contributed by atoms with Crippen molar-refractivity contribution >= 4 is 17.7 Å². The molecule has 4 heteroatoms. The van der Waals surface area contributed by atoms with E-state index in [-0.39, 0.29) is 0 Å². The molecule has 0 spiro atoms. The van der Waals surface area contributed by atoms with Gasteiger partial charge in [-0.3, -0.25) is 9.69 Å². The van der Waals surface area contributed by atoms with E-state index in [2.05, 4.69) is 18.7 Å². The zero-order chi connectivity index (χ0) is 13.2. The Bertz CT molecular complexity index is 310. The summed E-state index contributed by atoms with van der Waals surface area (Å²) in [6.07, 6.45) is 5.16. The van der Waals surface area contributed by atoms with Gasteiger partial charge in [-0.2, -0.15) is 11.8 Å². The van der Waals surface area contributed by atoms with Gasteiger partial charge in [0.15, 0.2) is 0 Å². The van der Waals surface area contributed by atoms with Gasteiger partial charge in [0, 0.05) is 17.8 Å². The number of nitrogens with zero attached hydrogens (tertiary/aromatic N) is 1. The Morgan fingerprint density at radius 1 is 1.56 bits per heavy atom. The predicted octanol–water partition coefficient (Wildman–Crippen LogP) is 2.85. The van der Waals surface area contributed by atoms with Gasteiger partial charge < -0.3 is 5.11 Å². The largest absolute Gasteiger partial charge is 0.481 e. The highest BCUT2D eigenvalue weighted by Gasteiger charge is 2.46. The van der Waals surface area contributed by atoms with Crippen LogP contribution >= 0.6 is 11.8 Å². The minimum absolute atomic E-state index is 0.462. The van der Waals surface area contributed by atoms with Gasteiger partial charge in [0.2, 0.25) is 0 Å². The second-order valence-corrected chi connectivity index (χ2v) is 7.33. The fraction of sp³-hybridized carbons (Fsp3) is 0.929. The van der Waals surface area contributed by atoms with Crippen LogP contribution in [0.2, 0.25) is 0 Å². The van der Waals surface area contributed by atoms with Gasteiger partial charge in [-0.25, -0.2) is 0 Å². The quantitative estimate of drug-likeness (QED) is 0.853. The van der Waals surface area contributed by atoms with Gasteiger partial charge in [0.05, 0.1) is 5.41 Å². The molecule has 1 N–H and O–H groups in total. The molecule has 2 aliphatic heterocycles. The number of carboxylic acid groups (broad SMARTS) is 1. The monoisotopic (exact) mass is 271 g/mol. The molecule has 0 aromatic rings. The molecule has 0 aromatic carbocycles. The molecule has 2 aliphatic rings. The minimum Gasteiger partial charge on any atom is -0.481 e. The lowest BCUT2D eigenvalue weighted by Crippen LogP contribution is -2.44. The van der Waals surface area contributed by atoms with Crippen LogP contribution in [0.25, 0.3) is 0 Å². The van der Waals surface area contributed by atoms with Gasteiger partial charge in [-0.15, -0.1) is 0 Å². The van der Waals surface area contributed by atoms with Crippen molar-refractivity contribution < 1.29 is 9.90 Å². The summed E-state index contributed by atoms with van der Waals surface area (Å²) in [6.45, 7) is 6.13. The number of aliphatic carboxylic acids is 1. The Hall–Kier alpha value is -0.220. The van der Waals surface area contributed by atoms with Crippen LogP contribution in [0.1, 0.15) is 46.0 Å². The average Bonchev–Trinajstić information content (AvgIpc) is 2.76. The first-order valence-electron chi connectivity index (χ1n) is 7.18. The van der Waals surface area contributed by atoms with Crippen LogP contribution in [-0.4, -0.2) is 46.1 Å². The van der Waals surface area contributed by atoms with E-state index in [1.807, 2.05) is 11.8 Å². The van der Waals surface area contributed by atoms with Gasteiger partial charge in [-0.1, -0.05) is 20.3 Å². The average molecular weight is 271 g/mol. The summed E-state index contributed by atoms with van der Waals surface area (Å²) in [4.78, 5) is 14.1. The van der Waals surface area contributed by atoms with Gasteiger partial charge in [0.1, 0.15) is 0 Å². The van der Waals surface area contributed by atoms with Crippen LogP contribution in [0, 0.1) is 5.41 Å². The van der Waals surface area contributed by atoms with Crippen molar-refractivity contribution in [2.24, 2.45) is 5.41 Å². The van der Waals surface area contributed by atoms with E-state index < -0.39 is 11.4 Å². The maximum absolute atomic E-state index is 11.6. The Balaban J connectivity index is 2.03. The number of hydrogen-bond donors (Lipinski definition) is 1. The van der Waals surface area contributed by atoms with Crippen molar-refractivity contribution in [2.75, 3.05) is 18.8 Å². The molecule has 0 bridgehead atoms. The normalized spacial score (nSPS) is 37.9. The number of carbonyl (C=O) groups is 1. The minimum atomic E-state index is -0.581. The topological polar surface area (TPSA) is 40.5 Å². The van der Waals surface area contributed by atoms with E-state index in [0.717, 1.165) is 32.4 Å². The molecule has 0 aromatic heterocycles. The van der Waals surface area contributed by atoms with E-state index in [1.54, 1.807) is 0 Å². The highest BCUT2D eigenvalue weighted by atomic mass is 32.2. The van der Waals surface area contributed by atoms with E-state index >= 15 is 0 Å². The SMILES string of the molecule is CCCC1(C(=O)O)CCN(C2CCCSC2C)C1. The molecule has 18 heavy (non-hydrogen) atoms. The first-order valence-corrected chi connectivity index (χ1v) is 8.23. The number of carboxylic acids is 1. The van der Waals surface area contributed by atoms with Crippen molar-refractivity contribution in [3.05, 3.63) is 0 Å². The number of rotatable bonds is 4. The highest BCUT2D eigenvalue weighted by Crippen LogP contribution is 2.39. The van der Waals surface area contributed by atoms with Gasteiger partial charge in [-0.05, 0) is 38.0 Å². The Morgan fingerprint density at radius 2 is 2.33 bits per heavy atom. The van der Waals surface area contributed by atoms with Crippen molar-refractivity contribution in [1.82, 2.24) is 4.90 Å². The second kappa shape index (κ2) is 5.83. The number of thioether (sulfide) groups is 1. The van der Waals surface area contributed by atoms with Crippen molar-refractivity contribution in [1.29, 1.82) is 0 Å². The third-order valence-electron chi connectivity index (χ3n) is 4.60. The Labute approximate surface area is 114 Å². The summed E-state index contributed by atoms with van der Waals surface area (Å²) in [5.41, 5.74) is -0.462. The van der Waals surface area contributed by atoms with Crippen LogP contribution < -0.4 is 0 Å². The molecule has 2 fully saturated rings. The molecule has 2 heterocycles. The van der Waals surface area contributed by atoms with Crippen LogP contribution in [-0.2, 0) is 4.79 Å². The first-order chi connectivity index (χ1) is 8.59. The second-order valence-electron chi connectivity index (χ2n) is 5.84. The van der Waals surface area contributed by atoms with Gasteiger partial charge in [0.25, 0.3) is 0 Å². The van der Waals surface area contributed by atoms with Crippen LogP contribution in [0.5, 0.6) is 0 Å². The zero-order valence-electron chi connectivity index (χ0n) is 11.5. The summed E-state index contributed by atoms with van der Waals surface area (Å²) in [5.74, 6) is 0.688. The zero-order valence-corrected chi connectivity index (χ0v) is 12.3. The lowest BCUT2D eigenvalue weighted by Gasteiger charge is -2.36. The molecule has 2 saturated heterocycles. The van der Waals surface area contributed by atoms with Crippen LogP contribution in [0.3, 0.4) is 0 Å². The van der Waals surface area contributed by atoms with E-state index in [1.165, 1.54) is 18.6 Å². The van der Waals surface area contributed by atoms with E-state index in [0.29, 0.717) is 11.3 Å². The Kier molecular flexibility index (Phi) is 4.59. The van der Waals surface area contributed by atoms with Gasteiger partial charge >= 0.3 is 5.97 Å². The summed E-state index contributed by atoms with van der Waals surface area (Å²) < 4.78 is 0. The maximum Gasteiger partial charge on any atom is 0.310 e. The van der Waals surface area contributed by atoms with Crippen molar-refractivity contribution in [3.8, 4) is 0 Å². The molecular formula is C14H25NO2S. The third kappa shape index (κ3) is 2.69. The fourth-order valence-corrected chi connectivity index (χ4v) is 4.77. The van der Waals surface area contributed by atoms with Crippen LogP contribution in [0.15, 0.2) is 0 Å². The van der Waals surface area contributed by atoms with E-state index in [4.69, 9.17) is 0 Å². The molecule has 3 nitrogen and oxygen atoms in total. The number of likely N-dealkylation sites (tertiary alicyclic amines) is 1. The molecule has 0 amide bonds. The summed E-state index contributed by atoms with van der Waals surface area (Å²) in [7, 11) is 0. The van der Waals surface area contributed by atoms with E-state index in [9.17, 15) is 9.90 Å². The molecule has 2 rings (SSSR count). The molecule has 0 aliphatic carbocycles. The molecule has 0 radical (unpaired) electrons. The highest BCUT2D eigenvalue weighted by molar-refractivity contribution is 7.99. The molecular weight excluding hydrogens is 246 g/mol. The fourth-order valence-electron chi connectivity index (χ4n) is 3.54. The lowest BCUT2D eigenvalue weighted by atomic mass is 9.82. The molecule has 104 valence electrons. The standard InChI is InChI=1S/C14H25NO2S/c1-3-6-14(13(16)17)7-8-15(10-14)12-5-4-9-18-11(12)2/h11-12H,3-10H2,1-2H3,(H,16,17).